The van der Waals surface area contributed by atoms with Crippen LogP contribution in [0.1, 0.15) is 39.4 Å². The van der Waals surface area contributed by atoms with Gasteiger partial charge in [0, 0.05) is 26.2 Å². The average Bonchev–Trinajstić information content (AvgIpc) is 2.48. The van der Waals surface area contributed by atoms with Gasteiger partial charge in [0.15, 0.2) is 0 Å². The van der Waals surface area contributed by atoms with E-state index in [0.717, 1.165) is 26.2 Å². The van der Waals surface area contributed by atoms with E-state index in [0.29, 0.717) is 0 Å². The van der Waals surface area contributed by atoms with Crippen LogP contribution in [0.3, 0.4) is 0 Å². The normalized spacial score (nSPS) is 16.6. The zero-order valence-electron chi connectivity index (χ0n) is 14.3. The fourth-order valence-electron chi connectivity index (χ4n) is 3.38. The van der Waals surface area contributed by atoms with Crippen molar-refractivity contribution in [2.75, 3.05) is 32.9 Å². The van der Waals surface area contributed by atoms with Crippen LogP contribution in [-0.4, -0.2) is 37.8 Å². The molecule has 1 aromatic rings. The van der Waals surface area contributed by atoms with E-state index in [1.807, 2.05) is 0 Å². The molecule has 1 heterocycles. The summed E-state index contributed by atoms with van der Waals surface area (Å²) < 4.78 is 13.8. The number of nitrogens with one attached hydrogen (secondary N) is 1. The molecule has 2 nitrogen and oxygen atoms in total. The van der Waals surface area contributed by atoms with Crippen molar-refractivity contribution in [1.82, 2.24) is 10.2 Å². The molecular formula is C17H29Cl2FN2. The average molecular weight is 351 g/mol. The Kier molecular flexibility index (Phi) is 8.93. The first-order valence-electron chi connectivity index (χ1n) is 7.56. The van der Waals surface area contributed by atoms with E-state index in [-0.39, 0.29) is 37.5 Å². The molecule has 128 valence electrons. The second-order valence-electron chi connectivity index (χ2n) is 5.99. The van der Waals surface area contributed by atoms with E-state index >= 15 is 0 Å². The first-order chi connectivity index (χ1) is 9.49. The van der Waals surface area contributed by atoms with Crippen LogP contribution in [0, 0.1) is 34.6 Å². The number of piperazine rings is 1. The lowest BCUT2D eigenvalue weighted by atomic mass is 9.86. The van der Waals surface area contributed by atoms with E-state index in [2.05, 4.69) is 44.8 Å². The van der Waals surface area contributed by atoms with E-state index in [1.165, 1.54) is 33.4 Å². The molecule has 0 bridgehead atoms. The van der Waals surface area contributed by atoms with Crippen molar-refractivity contribution in [3.05, 3.63) is 33.4 Å². The highest BCUT2D eigenvalue weighted by molar-refractivity contribution is 5.85. The molecule has 5 heteroatoms. The van der Waals surface area contributed by atoms with Gasteiger partial charge in [-0.1, -0.05) is 0 Å². The lowest BCUT2D eigenvalue weighted by Crippen LogP contribution is -2.46. The third-order valence-corrected chi connectivity index (χ3v) is 5.13. The van der Waals surface area contributed by atoms with Crippen molar-refractivity contribution in [2.24, 2.45) is 0 Å². The molecule has 1 saturated heterocycles. The van der Waals surface area contributed by atoms with Crippen LogP contribution in [0.25, 0.3) is 0 Å². The molecule has 1 N–H and O–H groups in total. The Morgan fingerprint density at radius 2 is 1.27 bits per heavy atom. The lowest BCUT2D eigenvalue weighted by Gasteiger charge is -2.36. The summed E-state index contributed by atoms with van der Waals surface area (Å²) in [5.74, 6) is 0. The van der Waals surface area contributed by atoms with Crippen LogP contribution < -0.4 is 5.32 Å². The summed E-state index contributed by atoms with van der Waals surface area (Å²) in [6.45, 7) is 14.3. The summed E-state index contributed by atoms with van der Waals surface area (Å²) in [6.07, 6.45) is 0. The highest BCUT2D eigenvalue weighted by Gasteiger charge is 2.26. The number of nitrogens with zero attached hydrogens (tertiary/aromatic N) is 1. The van der Waals surface area contributed by atoms with Crippen molar-refractivity contribution in [2.45, 2.75) is 40.7 Å². The zero-order chi connectivity index (χ0) is 14.9. The molecule has 0 radical (unpaired) electrons. The molecule has 1 atom stereocenters. The summed E-state index contributed by atoms with van der Waals surface area (Å²) in [4.78, 5) is 2.29. The Balaban J connectivity index is 0.00000220. The van der Waals surface area contributed by atoms with Crippen molar-refractivity contribution < 1.29 is 4.39 Å². The van der Waals surface area contributed by atoms with Gasteiger partial charge >= 0.3 is 0 Å². The fraction of sp³-hybridized carbons (Fsp3) is 0.647. The third-order valence-electron chi connectivity index (χ3n) is 5.13. The quantitative estimate of drug-likeness (QED) is 0.886. The van der Waals surface area contributed by atoms with Crippen LogP contribution in [0.15, 0.2) is 0 Å². The van der Waals surface area contributed by atoms with Gasteiger partial charge < -0.3 is 5.32 Å². The molecule has 1 fully saturated rings. The first-order valence-corrected chi connectivity index (χ1v) is 7.56. The minimum Gasteiger partial charge on any atom is -0.314 e. The lowest BCUT2D eigenvalue weighted by molar-refractivity contribution is 0.146. The Labute approximate surface area is 146 Å². The molecule has 0 aliphatic carbocycles. The van der Waals surface area contributed by atoms with Gasteiger partial charge in [-0.2, -0.15) is 0 Å². The van der Waals surface area contributed by atoms with E-state index in [1.54, 1.807) is 0 Å². The Morgan fingerprint density at radius 1 is 0.864 bits per heavy atom. The van der Waals surface area contributed by atoms with Crippen LogP contribution in [0.2, 0.25) is 0 Å². The van der Waals surface area contributed by atoms with Gasteiger partial charge in [-0.15, -0.1) is 24.8 Å². The van der Waals surface area contributed by atoms with Gasteiger partial charge in [0.1, 0.15) is 6.67 Å². The predicted octanol–water partition coefficient (Wildman–Crippen LogP) is 3.99. The second kappa shape index (κ2) is 9.07. The largest absolute Gasteiger partial charge is 0.314 e. The van der Waals surface area contributed by atoms with Crippen LogP contribution >= 0.6 is 24.8 Å². The maximum atomic E-state index is 13.8. The predicted molar refractivity (Wildman–Crippen MR) is 97.8 cm³/mol. The zero-order valence-corrected chi connectivity index (χ0v) is 15.9. The topological polar surface area (TPSA) is 15.3 Å². The number of hydrogen-bond acceptors (Lipinski definition) is 2. The molecule has 1 aliphatic rings. The summed E-state index contributed by atoms with van der Waals surface area (Å²) in [7, 11) is 0. The molecule has 0 saturated carbocycles. The Bertz CT molecular complexity index is 471. The van der Waals surface area contributed by atoms with Crippen LogP contribution in [-0.2, 0) is 0 Å². The highest BCUT2D eigenvalue weighted by Crippen LogP contribution is 2.33. The third kappa shape index (κ3) is 3.94. The molecule has 0 amide bonds. The van der Waals surface area contributed by atoms with Crippen LogP contribution in [0.4, 0.5) is 4.39 Å². The van der Waals surface area contributed by atoms with Gasteiger partial charge in [-0.05, 0) is 68.0 Å². The Morgan fingerprint density at radius 3 is 1.68 bits per heavy atom. The van der Waals surface area contributed by atoms with Crippen molar-refractivity contribution in [1.29, 1.82) is 0 Å². The second-order valence-corrected chi connectivity index (χ2v) is 5.99. The number of rotatable bonds is 3. The summed E-state index contributed by atoms with van der Waals surface area (Å²) >= 11 is 0. The maximum Gasteiger partial charge on any atom is 0.109 e. The number of alkyl halides is 1. The molecule has 22 heavy (non-hydrogen) atoms. The fourth-order valence-corrected chi connectivity index (χ4v) is 3.38. The number of halogens is 3. The minimum absolute atomic E-state index is 0. The maximum absolute atomic E-state index is 13.8. The van der Waals surface area contributed by atoms with Gasteiger partial charge in [0.05, 0.1) is 6.04 Å². The van der Waals surface area contributed by atoms with Gasteiger partial charge in [0.25, 0.3) is 0 Å². The van der Waals surface area contributed by atoms with Crippen LogP contribution in [0.5, 0.6) is 0 Å². The minimum atomic E-state index is -0.302. The SMILES string of the molecule is Cc1c(C)c(C)c([C@@H](CF)N2CCNCC2)c(C)c1C.Cl.Cl. The van der Waals surface area contributed by atoms with Gasteiger partial charge in [-0.25, -0.2) is 4.39 Å². The standard InChI is InChI=1S/C17H27FN2.2ClH/c1-11-12(2)14(4)17(15(5)13(11)3)16(10-18)20-8-6-19-7-9-20;;/h16,19H,6-10H2,1-5H3;2*1H/t16-;;/m1../s1. The Hall–Kier alpha value is -0.350. The summed E-state index contributed by atoms with van der Waals surface area (Å²) in [5, 5.41) is 3.34. The molecule has 0 unspecified atom stereocenters. The number of hydrogen-bond donors (Lipinski definition) is 1. The first kappa shape index (κ1) is 21.6. The molecule has 1 aliphatic heterocycles. The molecule has 1 aromatic carbocycles. The van der Waals surface area contributed by atoms with Gasteiger partial charge in [0.2, 0.25) is 0 Å². The summed E-state index contributed by atoms with van der Waals surface area (Å²) in [6, 6.07) is -0.0879. The van der Waals surface area contributed by atoms with E-state index in [4.69, 9.17) is 0 Å². The van der Waals surface area contributed by atoms with Crippen molar-refractivity contribution in [3.8, 4) is 0 Å². The van der Waals surface area contributed by atoms with E-state index < -0.39 is 0 Å². The highest BCUT2D eigenvalue weighted by atomic mass is 35.5. The molecule has 2 rings (SSSR count). The smallest absolute Gasteiger partial charge is 0.109 e. The van der Waals surface area contributed by atoms with Crippen molar-refractivity contribution in [3.63, 3.8) is 0 Å². The molecule has 0 aromatic heterocycles. The van der Waals surface area contributed by atoms with Gasteiger partial charge in [-0.3, -0.25) is 4.90 Å². The number of benzene rings is 1. The molecular weight excluding hydrogens is 322 g/mol. The van der Waals surface area contributed by atoms with E-state index in [9.17, 15) is 4.39 Å². The molecule has 0 spiro atoms. The summed E-state index contributed by atoms with van der Waals surface area (Å²) in [5.41, 5.74) is 7.74. The van der Waals surface area contributed by atoms with Crippen molar-refractivity contribution >= 4 is 24.8 Å². The monoisotopic (exact) mass is 350 g/mol.